The van der Waals surface area contributed by atoms with E-state index in [0.29, 0.717) is 6.54 Å². The molecular formula is C22H20N6. The zero-order chi connectivity index (χ0) is 19.1. The molecule has 0 spiro atoms. The van der Waals surface area contributed by atoms with E-state index in [2.05, 4.69) is 57.3 Å². The van der Waals surface area contributed by atoms with Gasteiger partial charge in [-0.2, -0.15) is 5.10 Å². The van der Waals surface area contributed by atoms with Crippen molar-refractivity contribution in [2.75, 3.05) is 6.54 Å². The summed E-state index contributed by atoms with van der Waals surface area (Å²) < 4.78 is 1.79. The quantitative estimate of drug-likeness (QED) is 0.596. The van der Waals surface area contributed by atoms with Crippen LogP contribution in [0.5, 0.6) is 0 Å². The van der Waals surface area contributed by atoms with Gasteiger partial charge in [-0.25, -0.2) is 9.98 Å². The normalized spacial score (nSPS) is 13.8. The van der Waals surface area contributed by atoms with Crippen molar-refractivity contribution < 1.29 is 0 Å². The topological polar surface area (TPSA) is 71.2 Å². The van der Waals surface area contributed by atoms with Gasteiger partial charge in [-0.05, 0) is 18.6 Å². The third-order valence-electron chi connectivity index (χ3n) is 4.98. The molecule has 0 aliphatic carbocycles. The number of nitrogens with zero attached hydrogens (tertiary/aromatic N) is 5. The first-order valence-corrected chi connectivity index (χ1v) is 9.29. The van der Waals surface area contributed by atoms with E-state index >= 15 is 0 Å². The van der Waals surface area contributed by atoms with Crippen LogP contribution in [0.4, 0.5) is 0 Å². The number of hydrogen-bond acceptors (Lipinski definition) is 4. The number of aryl methyl sites for hydroxylation is 2. The Labute approximate surface area is 162 Å². The van der Waals surface area contributed by atoms with Gasteiger partial charge in [0.2, 0.25) is 0 Å². The van der Waals surface area contributed by atoms with E-state index in [-0.39, 0.29) is 0 Å². The van der Waals surface area contributed by atoms with Crippen LogP contribution in [0.15, 0.2) is 65.1 Å². The van der Waals surface area contributed by atoms with Crippen LogP contribution in [0.3, 0.4) is 0 Å². The molecule has 6 heteroatoms. The third kappa shape index (κ3) is 3.03. The molecule has 0 unspecified atom stereocenters. The molecule has 4 heterocycles. The maximum Gasteiger partial charge on any atom is 0.157 e. The number of benzene rings is 1. The molecule has 0 saturated heterocycles. The number of hydrogen-bond donors (Lipinski definition) is 1. The minimum absolute atomic E-state index is 0.645. The molecule has 138 valence electrons. The zero-order valence-electron chi connectivity index (χ0n) is 15.8. The van der Waals surface area contributed by atoms with Gasteiger partial charge in [-0.1, -0.05) is 29.8 Å². The van der Waals surface area contributed by atoms with E-state index < -0.39 is 0 Å². The fourth-order valence-electron chi connectivity index (χ4n) is 3.60. The third-order valence-corrected chi connectivity index (χ3v) is 4.98. The molecule has 1 N–H and O–H groups in total. The van der Waals surface area contributed by atoms with Crippen LogP contribution < -0.4 is 0 Å². The maximum atomic E-state index is 4.81. The van der Waals surface area contributed by atoms with E-state index in [9.17, 15) is 0 Å². The van der Waals surface area contributed by atoms with E-state index in [4.69, 9.17) is 4.99 Å². The average Bonchev–Trinajstić information content (AvgIpc) is 3.40. The highest BCUT2D eigenvalue weighted by atomic mass is 15.2. The Morgan fingerprint density at radius 1 is 1.14 bits per heavy atom. The van der Waals surface area contributed by atoms with E-state index in [1.807, 2.05) is 31.8 Å². The summed E-state index contributed by atoms with van der Waals surface area (Å²) in [6.07, 6.45) is 8.47. The minimum atomic E-state index is 0.645. The summed E-state index contributed by atoms with van der Waals surface area (Å²) in [5.74, 6) is 0.777. The zero-order valence-corrected chi connectivity index (χ0v) is 15.8. The van der Waals surface area contributed by atoms with Gasteiger partial charge in [-0.15, -0.1) is 0 Å². The lowest BCUT2D eigenvalue weighted by Gasteiger charge is -2.01. The summed E-state index contributed by atoms with van der Waals surface area (Å²) in [7, 11) is 1.91. The number of rotatable bonds is 4. The van der Waals surface area contributed by atoms with Gasteiger partial charge in [0.05, 0.1) is 12.7 Å². The molecule has 4 aromatic rings. The average molecular weight is 368 g/mol. The van der Waals surface area contributed by atoms with Crippen LogP contribution in [0.25, 0.3) is 22.2 Å². The fraction of sp³-hybridized carbons (Fsp3) is 0.182. The van der Waals surface area contributed by atoms with Gasteiger partial charge >= 0.3 is 0 Å². The first-order valence-electron chi connectivity index (χ1n) is 9.29. The first-order chi connectivity index (χ1) is 13.7. The number of fused-ring (bicyclic) bond motifs is 1. The summed E-state index contributed by atoms with van der Waals surface area (Å²) >= 11 is 0. The Kier molecular flexibility index (Phi) is 3.90. The van der Waals surface area contributed by atoms with E-state index in [1.165, 1.54) is 11.1 Å². The second-order valence-electron chi connectivity index (χ2n) is 7.21. The Hall–Kier alpha value is -3.54. The molecule has 1 aromatic carbocycles. The second-order valence-corrected chi connectivity index (χ2v) is 7.21. The summed E-state index contributed by atoms with van der Waals surface area (Å²) in [5.41, 5.74) is 7.54. The molecule has 0 radical (unpaired) electrons. The summed E-state index contributed by atoms with van der Waals surface area (Å²) in [4.78, 5) is 17.3. The molecule has 0 fully saturated rings. The number of aromatic nitrogens is 4. The van der Waals surface area contributed by atoms with Gasteiger partial charge in [0.1, 0.15) is 5.65 Å². The largest absolute Gasteiger partial charge is 0.345 e. The smallest absolute Gasteiger partial charge is 0.157 e. The van der Waals surface area contributed by atoms with Crippen LogP contribution in [0, 0.1) is 6.92 Å². The molecule has 0 atom stereocenters. The van der Waals surface area contributed by atoms with E-state index in [1.54, 1.807) is 4.68 Å². The summed E-state index contributed by atoms with van der Waals surface area (Å²) in [6, 6.07) is 10.7. The standard InChI is InChI=1S/C22H20N6/c1-14-4-3-5-15(6-14)7-18-11-24-22(27-18)20-12-25-21-19(20)8-16(9-23-21)17-10-26-28(2)13-17/h3-6,8-10,12-13H,7,11H2,1-2H3,(H,23,25). The fourth-order valence-corrected chi connectivity index (χ4v) is 3.60. The lowest BCUT2D eigenvalue weighted by Crippen LogP contribution is -2.04. The lowest BCUT2D eigenvalue weighted by molar-refractivity contribution is 0.768. The van der Waals surface area contributed by atoms with E-state index in [0.717, 1.165) is 45.7 Å². The molecule has 0 amide bonds. The van der Waals surface area contributed by atoms with Crippen molar-refractivity contribution in [3.63, 3.8) is 0 Å². The molecule has 5 rings (SSSR count). The van der Waals surface area contributed by atoms with Crippen molar-refractivity contribution in [3.8, 4) is 11.1 Å². The van der Waals surface area contributed by atoms with Gasteiger partial charge < -0.3 is 4.98 Å². The molecule has 28 heavy (non-hydrogen) atoms. The van der Waals surface area contributed by atoms with Gasteiger partial charge in [-0.3, -0.25) is 9.67 Å². The molecule has 3 aromatic heterocycles. The van der Waals surface area contributed by atoms with Crippen molar-refractivity contribution in [2.45, 2.75) is 13.3 Å². The minimum Gasteiger partial charge on any atom is -0.345 e. The Morgan fingerprint density at radius 3 is 2.89 bits per heavy atom. The van der Waals surface area contributed by atoms with Crippen LogP contribution in [0.1, 0.15) is 16.7 Å². The van der Waals surface area contributed by atoms with Crippen molar-refractivity contribution in [1.29, 1.82) is 0 Å². The Balaban J connectivity index is 1.46. The predicted molar refractivity (Wildman–Crippen MR) is 112 cm³/mol. The highest BCUT2D eigenvalue weighted by Gasteiger charge is 2.17. The monoisotopic (exact) mass is 368 g/mol. The number of nitrogens with one attached hydrogen (secondary N) is 1. The van der Waals surface area contributed by atoms with Gasteiger partial charge in [0, 0.05) is 59.8 Å². The number of pyridine rings is 1. The van der Waals surface area contributed by atoms with Crippen molar-refractivity contribution in [3.05, 3.63) is 71.8 Å². The molecule has 1 aliphatic rings. The lowest BCUT2D eigenvalue weighted by atomic mass is 10.1. The van der Waals surface area contributed by atoms with Crippen molar-refractivity contribution in [1.82, 2.24) is 19.7 Å². The van der Waals surface area contributed by atoms with Crippen LogP contribution in [-0.2, 0) is 13.5 Å². The number of H-pyrrole nitrogens is 1. The van der Waals surface area contributed by atoms with Crippen LogP contribution in [-0.4, -0.2) is 37.8 Å². The van der Waals surface area contributed by atoms with Crippen molar-refractivity contribution >= 4 is 22.6 Å². The second kappa shape index (κ2) is 6.56. The number of amidine groups is 1. The van der Waals surface area contributed by atoms with Crippen molar-refractivity contribution in [2.24, 2.45) is 17.0 Å². The Morgan fingerprint density at radius 2 is 2.07 bits per heavy atom. The molecule has 6 nitrogen and oxygen atoms in total. The SMILES string of the molecule is Cc1cccc(CC2=NC(c3c[nH]c4ncc(-c5cnn(C)c5)cc34)=NC2)c1. The summed E-state index contributed by atoms with van der Waals surface area (Å²) in [5, 5.41) is 5.28. The van der Waals surface area contributed by atoms with Gasteiger partial charge in [0.15, 0.2) is 5.84 Å². The molecule has 1 aliphatic heterocycles. The summed E-state index contributed by atoms with van der Waals surface area (Å²) in [6.45, 7) is 2.76. The highest BCUT2D eigenvalue weighted by molar-refractivity contribution is 6.17. The highest BCUT2D eigenvalue weighted by Crippen LogP contribution is 2.26. The number of aliphatic imine (C=N–C) groups is 2. The maximum absolute atomic E-state index is 4.81. The molecular weight excluding hydrogens is 348 g/mol. The number of aromatic amines is 1. The van der Waals surface area contributed by atoms with Crippen LogP contribution in [0.2, 0.25) is 0 Å². The van der Waals surface area contributed by atoms with Crippen LogP contribution >= 0.6 is 0 Å². The van der Waals surface area contributed by atoms with Gasteiger partial charge in [0.25, 0.3) is 0 Å². The Bertz CT molecular complexity index is 1240. The molecule has 0 saturated carbocycles. The molecule has 0 bridgehead atoms. The first kappa shape index (κ1) is 16.6. The predicted octanol–water partition coefficient (Wildman–Crippen LogP) is 3.72.